The number of methoxy groups -OCH3 is 1. The zero-order chi connectivity index (χ0) is 21.3. The molecule has 2 heterocycles. The number of hydrogen-bond acceptors (Lipinski definition) is 6. The SMILES string of the molecule is COc1ccccc1N1C(=O)CC(N2CCN(S(=O)(=O)c3ccccc3)CC2)C1=O. The van der Waals surface area contributed by atoms with Crippen molar-refractivity contribution in [3.05, 3.63) is 54.6 Å². The summed E-state index contributed by atoms with van der Waals surface area (Å²) in [5, 5.41) is 0. The molecule has 1 unspecified atom stereocenters. The predicted octanol–water partition coefficient (Wildman–Crippen LogP) is 1.33. The molecule has 0 aliphatic carbocycles. The van der Waals surface area contributed by atoms with Crippen LogP contribution in [0.15, 0.2) is 59.5 Å². The average Bonchev–Trinajstić information content (AvgIpc) is 3.08. The van der Waals surface area contributed by atoms with Gasteiger partial charge in [-0.25, -0.2) is 13.3 Å². The first-order valence-corrected chi connectivity index (χ1v) is 11.2. The maximum Gasteiger partial charge on any atom is 0.251 e. The Bertz CT molecular complexity index is 1050. The highest BCUT2D eigenvalue weighted by atomic mass is 32.2. The third-order valence-electron chi connectivity index (χ3n) is 5.54. The fourth-order valence-electron chi connectivity index (χ4n) is 3.97. The third-order valence-corrected chi connectivity index (χ3v) is 7.46. The van der Waals surface area contributed by atoms with Crippen molar-refractivity contribution in [2.75, 3.05) is 38.2 Å². The number of nitrogens with zero attached hydrogens (tertiary/aromatic N) is 3. The van der Waals surface area contributed by atoms with E-state index in [0.717, 1.165) is 0 Å². The van der Waals surface area contributed by atoms with Crippen LogP contribution in [0.1, 0.15) is 6.42 Å². The number of hydrogen-bond donors (Lipinski definition) is 0. The van der Waals surface area contributed by atoms with E-state index in [1.54, 1.807) is 54.6 Å². The number of anilines is 1. The molecular weight excluding hydrogens is 406 g/mol. The number of para-hydroxylation sites is 2. The second-order valence-electron chi connectivity index (χ2n) is 7.21. The van der Waals surface area contributed by atoms with E-state index in [0.29, 0.717) is 24.5 Å². The number of benzene rings is 2. The van der Waals surface area contributed by atoms with Crippen molar-refractivity contribution < 1.29 is 22.7 Å². The standard InChI is InChI=1S/C21H23N3O5S/c1-29-19-10-6-5-9-17(19)24-20(25)15-18(21(24)26)22-11-13-23(14-12-22)30(27,28)16-7-3-2-4-8-16/h2-10,18H,11-15H2,1H3. The molecule has 4 rings (SSSR count). The molecule has 158 valence electrons. The lowest BCUT2D eigenvalue weighted by Crippen LogP contribution is -2.53. The highest BCUT2D eigenvalue weighted by molar-refractivity contribution is 7.89. The summed E-state index contributed by atoms with van der Waals surface area (Å²) in [6.07, 6.45) is 0.0717. The summed E-state index contributed by atoms with van der Waals surface area (Å²) in [5.41, 5.74) is 0.433. The zero-order valence-electron chi connectivity index (χ0n) is 16.6. The summed E-state index contributed by atoms with van der Waals surface area (Å²) in [6, 6.07) is 14.6. The smallest absolute Gasteiger partial charge is 0.251 e. The van der Waals surface area contributed by atoms with Gasteiger partial charge in [-0.2, -0.15) is 4.31 Å². The van der Waals surface area contributed by atoms with Crippen molar-refractivity contribution in [2.45, 2.75) is 17.4 Å². The molecule has 0 spiro atoms. The van der Waals surface area contributed by atoms with Gasteiger partial charge in [0.05, 0.1) is 30.2 Å². The number of piperazine rings is 1. The summed E-state index contributed by atoms with van der Waals surface area (Å²) in [5.74, 6) is -0.128. The predicted molar refractivity (Wildman–Crippen MR) is 111 cm³/mol. The van der Waals surface area contributed by atoms with Gasteiger partial charge in [-0.1, -0.05) is 30.3 Å². The monoisotopic (exact) mass is 429 g/mol. The molecule has 2 saturated heterocycles. The van der Waals surface area contributed by atoms with Gasteiger partial charge in [0.2, 0.25) is 15.9 Å². The van der Waals surface area contributed by atoms with E-state index in [1.807, 2.05) is 4.90 Å². The number of amides is 2. The molecule has 2 aromatic rings. The van der Waals surface area contributed by atoms with E-state index in [2.05, 4.69) is 0 Å². The van der Waals surface area contributed by atoms with Gasteiger partial charge in [0.25, 0.3) is 5.91 Å². The van der Waals surface area contributed by atoms with E-state index in [4.69, 9.17) is 4.74 Å². The van der Waals surface area contributed by atoms with Crippen LogP contribution in [0.4, 0.5) is 5.69 Å². The Kier molecular flexibility index (Phi) is 5.59. The maximum absolute atomic E-state index is 13.1. The normalized spacial score (nSPS) is 21.2. The highest BCUT2D eigenvalue weighted by Crippen LogP contribution is 2.33. The molecule has 9 heteroatoms. The van der Waals surface area contributed by atoms with Gasteiger partial charge in [0.15, 0.2) is 0 Å². The van der Waals surface area contributed by atoms with Crippen molar-refractivity contribution in [1.29, 1.82) is 0 Å². The molecule has 0 saturated carbocycles. The Balaban J connectivity index is 1.47. The molecule has 0 N–H and O–H groups in total. The quantitative estimate of drug-likeness (QED) is 0.667. The van der Waals surface area contributed by atoms with Crippen molar-refractivity contribution in [1.82, 2.24) is 9.21 Å². The molecule has 30 heavy (non-hydrogen) atoms. The Morgan fingerprint density at radius 2 is 1.53 bits per heavy atom. The minimum atomic E-state index is -3.57. The summed E-state index contributed by atoms with van der Waals surface area (Å²) in [7, 11) is -2.07. The molecule has 2 aromatic carbocycles. The van der Waals surface area contributed by atoms with E-state index in [1.165, 1.54) is 16.3 Å². The van der Waals surface area contributed by atoms with Crippen LogP contribution < -0.4 is 9.64 Å². The molecule has 2 fully saturated rings. The number of carbonyl (C=O) groups excluding carboxylic acids is 2. The Hall–Kier alpha value is -2.75. The number of ether oxygens (including phenoxy) is 1. The third kappa shape index (κ3) is 3.60. The van der Waals surface area contributed by atoms with E-state index < -0.39 is 16.1 Å². The Labute approximate surface area is 175 Å². The van der Waals surface area contributed by atoms with Gasteiger partial charge in [-0.05, 0) is 24.3 Å². The van der Waals surface area contributed by atoms with Crippen molar-refractivity contribution in [3.63, 3.8) is 0 Å². The second kappa shape index (κ2) is 8.17. The first-order valence-electron chi connectivity index (χ1n) is 9.72. The number of carbonyl (C=O) groups is 2. The van der Waals surface area contributed by atoms with Crippen LogP contribution in [0.2, 0.25) is 0 Å². The van der Waals surface area contributed by atoms with Gasteiger partial charge in [0, 0.05) is 26.2 Å². The largest absolute Gasteiger partial charge is 0.495 e. The molecular formula is C21H23N3O5S. The molecule has 1 atom stereocenters. The number of rotatable bonds is 5. The van der Waals surface area contributed by atoms with Crippen LogP contribution in [0.3, 0.4) is 0 Å². The number of imide groups is 1. The second-order valence-corrected chi connectivity index (χ2v) is 9.15. The van der Waals surface area contributed by atoms with Gasteiger partial charge in [-0.3, -0.25) is 14.5 Å². The molecule has 2 aliphatic rings. The van der Waals surface area contributed by atoms with Gasteiger partial charge < -0.3 is 4.74 Å². The highest BCUT2D eigenvalue weighted by Gasteiger charge is 2.44. The van der Waals surface area contributed by atoms with Crippen LogP contribution in [-0.4, -0.2) is 68.8 Å². The zero-order valence-corrected chi connectivity index (χ0v) is 17.4. The Morgan fingerprint density at radius 1 is 0.900 bits per heavy atom. The van der Waals surface area contributed by atoms with E-state index >= 15 is 0 Å². The van der Waals surface area contributed by atoms with E-state index in [-0.39, 0.29) is 36.2 Å². The molecule has 0 bridgehead atoms. The van der Waals surface area contributed by atoms with Crippen LogP contribution in [-0.2, 0) is 19.6 Å². The van der Waals surface area contributed by atoms with Crippen molar-refractivity contribution in [3.8, 4) is 5.75 Å². The minimum absolute atomic E-state index is 0.0717. The molecule has 8 nitrogen and oxygen atoms in total. The summed E-state index contributed by atoms with van der Waals surface area (Å²) < 4.78 is 32.3. The van der Waals surface area contributed by atoms with Crippen molar-refractivity contribution in [2.24, 2.45) is 0 Å². The van der Waals surface area contributed by atoms with Gasteiger partial charge in [0.1, 0.15) is 5.75 Å². The fourth-order valence-corrected chi connectivity index (χ4v) is 5.41. The molecule has 2 aliphatic heterocycles. The lowest BCUT2D eigenvalue weighted by atomic mass is 10.2. The lowest BCUT2D eigenvalue weighted by Gasteiger charge is -2.36. The minimum Gasteiger partial charge on any atom is -0.495 e. The average molecular weight is 429 g/mol. The van der Waals surface area contributed by atoms with Crippen LogP contribution >= 0.6 is 0 Å². The summed E-state index contributed by atoms with van der Waals surface area (Å²) in [6.45, 7) is 1.30. The van der Waals surface area contributed by atoms with Crippen molar-refractivity contribution >= 4 is 27.5 Å². The van der Waals surface area contributed by atoms with E-state index in [9.17, 15) is 18.0 Å². The van der Waals surface area contributed by atoms with Gasteiger partial charge in [-0.15, -0.1) is 0 Å². The van der Waals surface area contributed by atoms with Crippen LogP contribution in [0.5, 0.6) is 5.75 Å². The molecule has 0 aromatic heterocycles. The molecule has 0 radical (unpaired) electrons. The fraction of sp³-hybridized carbons (Fsp3) is 0.333. The molecule has 2 amide bonds. The maximum atomic E-state index is 13.1. The Morgan fingerprint density at radius 3 is 2.20 bits per heavy atom. The summed E-state index contributed by atoms with van der Waals surface area (Å²) >= 11 is 0. The topological polar surface area (TPSA) is 87.2 Å². The number of sulfonamides is 1. The first kappa shape index (κ1) is 20.5. The van der Waals surface area contributed by atoms with Gasteiger partial charge >= 0.3 is 0 Å². The summed E-state index contributed by atoms with van der Waals surface area (Å²) in [4.78, 5) is 29.0. The van der Waals surface area contributed by atoms with Crippen LogP contribution in [0, 0.1) is 0 Å². The van der Waals surface area contributed by atoms with Crippen LogP contribution in [0.25, 0.3) is 0 Å². The first-order chi connectivity index (χ1) is 14.4. The lowest BCUT2D eigenvalue weighted by molar-refractivity contribution is -0.123.